The summed E-state index contributed by atoms with van der Waals surface area (Å²) in [5, 5.41) is 7.65. The van der Waals surface area contributed by atoms with Crippen LogP contribution in [-0.4, -0.2) is 60.8 Å². The Morgan fingerprint density at radius 1 is 1.42 bits per heavy atom. The highest BCUT2D eigenvalue weighted by molar-refractivity contribution is 7.86. The van der Waals surface area contributed by atoms with Crippen molar-refractivity contribution in [3.8, 4) is 0 Å². The van der Waals surface area contributed by atoms with Crippen molar-refractivity contribution in [1.29, 1.82) is 0 Å². The largest absolute Gasteiger partial charge is 0.451 e. The molecule has 0 fully saturated rings. The molecule has 1 unspecified atom stereocenters. The first-order valence-electron chi connectivity index (χ1n) is 5.74. The minimum atomic E-state index is -4.84. The monoisotopic (exact) mass is 296 g/mol. The zero-order valence-corrected chi connectivity index (χ0v) is 12.5. The molecule has 0 saturated heterocycles. The second-order valence-corrected chi connectivity index (χ2v) is 6.59. The van der Waals surface area contributed by atoms with Crippen molar-refractivity contribution in [3.05, 3.63) is 12.2 Å². The summed E-state index contributed by atoms with van der Waals surface area (Å²) >= 11 is 0. The van der Waals surface area contributed by atoms with Gasteiger partial charge < -0.3 is 9.84 Å². The van der Waals surface area contributed by atoms with Crippen molar-refractivity contribution in [3.63, 3.8) is 0 Å². The Morgan fingerprint density at radius 2 is 1.89 bits per heavy atom. The van der Waals surface area contributed by atoms with Crippen molar-refractivity contribution in [1.82, 2.24) is 0 Å². The lowest BCUT2D eigenvalue weighted by Gasteiger charge is -2.41. The van der Waals surface area contributed by atoms with Crippen LogP contribution in [-0.2, 0) is 19.6 Å². The van der Waals surface area contributed by atoms with Gasteiger partial charge in [0.1, 0.15) is 0 Å². The topological polar surface area (TPSA) is 101 Å². The van der Waals surface area contributed by atoms with E-state index >= 15 is 0 Å². The van der Waals surface area contributed by atoms with E-state index in [4.69, 9.17) is 0 Å². The number of ether oxygens (including phenoxy) is 1. The van der Waals surface area contributed by atoms with Crippen LogP contribution in [0.3, 0.4) is 0 Å². The third-order valence-electron chi connectivity index (χ3n) is 2.88. The van der Waals surface area contributed by atoms with Crippen LogP contribution >= 0.6 is 0 Å². The predicted molar refractivity (Wildman–Crippen MR) is 69.5 cm³/mol. The molecule has 0 radical (unpaired) electrons. The van der Waals surface area contributed by atoms with E-state index in [1.165, 1.54) is 21.0 Å². The molecule has 19 heavy (non-hydrogen) atoms. The summed E-state index contributed by atoms with van der Waals surface area (Å²) in [5.74, 6) is -0.835. The van der Waals surface area contributed by atoms with Gasteiger partial charge in [0.15, 0.2) is 6.61 Å². The number of likely N-dealkylation sites (N-methyl/N-ethyl adjacent to an activating group) is 1. The third-order valence-corrected chi connectivity index (χ3v) is 4.32. The van der Waals surface area contributed by atoms with Gasteiger partial charge in [0.25, 0.3) is 0 Å². The van der Waals surface area contributed by atoms with Crippen LogP contribution in [0.25, 0.3) is 0 Å². The maximum Gasteiger partial charge on any atom is 0.363 e. The molecule has 0 aromatic carbocycles. The summed E-state index contributed by atoms with van der Waals surface area (Å²) in [6, 6.07) is 0. The average molecular weight is 296 g/mol. The quantitative estimate of drug-likeness (QED) is 0.228. The number of quaternary nitrogens is 1. The number of esters is 1. The van der Waals surface area contributed by atoms with E-state index in [1.54, 1.807) is 6.92 Å². The van der Waals surface area contributed by atoms with Crippen molar-refractivity contribution >= 4 is 16.1 Å². The minimum absolute atomic E-state index is 0.0680. The lowest BCUT2D eigenvalue weighted by Crippen LogP contribution is -2.66. The molecule has 0 aliphatic carbocycles. The van der Waals surface area contributed by atoms with Crippen LogP contribution in [0.1, 0.15) is 20.3 Å². The first kappa shape index (κ1) is 18.0. The Kier molecular flexibility index (Phi) is 5.69. The standard InChI is InChI=1S/C11H21NO6S/c1-6-7-12(4,5)11(14,19(15,16)17)8-18-10(13)9(2)3/h14H,2,6-8H2,1,3-5H3/p+1. The van der Waals surface area contributed by atoms with E-state index in [0.717, 1.165) is 0 Å². The second-order valence-electron chi connectivity index (χ2n) is 4.98. The summed E-state index contributed by atoms with van der Waals surface area (Å²) in [5.41, 5.74) is 0.0680. The Balaban J connectivity index is 5.35. The molecule has 0 spiro atoms. The maximum atomic E-state index is 11.4. The molecule has 0 aromatic heterocycles. The van der Waals surface area contributed by atoms with E-state index in [1.807, 2.05) is 0 Å². The highest BCUT2D eigenvalue weighted by Gasteiger charge is 2.56. The van der Waals surface area contributed by atoms with Gasteiger partial charge >= 0.3 is 21.1 Å². The molecule has 2 N–H and O–H groups in total. The molecule has 0 aromatic rings. The summed E-state index contributed by atoms with van der Waals surface area (Å²) in [7, 11) is -2.00. The van der Waals surface area contributed by atoms with E-state index in [-0.39, 0.29) is 12.1 Å². The fourth-order valence-electron chi connectivity index (χ4n) is 1.58. The fourth-order valence-corrected chi connectivity index (χ4v) is 2.50. The molecular weight excluding hydrogens is 274 g/mol. The Labute approximate surface area is 113 Å². The normalized spacial score (nSPS) is 15.7. The Morgan fingerprint density at radius 3 is 2.21 bits per heavy atom. The van der Waals surface area contributed by atoms with E-state index in [0.29, 0.717) is 6.42 Å². The second kappa shape index (κ2) is 6.00. The van der Waals surface area contributed by atoms with Gasteiger partial charge in [-0.05, 0) is 13.3 Å². The maximum absolute atomic E-state index is 11.4. The van der Waals surface area contributed by atoms with Gasteiger partial charge in [-0.2, -0.15) is 8.42 Å². The van der Waals surface area contributed by atoms with Gasteiger partial charge in [-0.15, -0.1) is 0 Å². The van der Waals surface area contributed by atoms with Crippen molar-refractivity contribution in [2.24, 2.45) is 0 Å². The number of rotatable bonds is 7. The Bertz CT molecular complexity index is 456. The van der Waals surface area contributed by atoms with Crippen LogP contribution < -0.4 is 0 Å². The van der Waals surface area contributed by atoms with Crippen LogP contribution in [0.15, 0.2) is 12.2 Å². The molecule has 8 heteroatoms. The Hall–Kier alpha value is -0.960. The average Bonchev–Trinajstić information content (AvgIpc) is 2.23. The lowest BCUT2D eigenvalue weighted by atomic mass is 10.3. The predicted octanol–water partition coefficient (Wildman–Crippen LogP) is 0.126. The molecule has 7 nitrogen and oxygen atoms in total. The number of carbonyl (C=O) groups is 1. The van der Waals surface area contributed by atoms with Gasteiger partial charge in [-0.3, -0.25) is 9.04 Å². The first-order chi connectivity index (χ1) is 8.39. The van der Waals surface area contributed by atoms with E-state index in [9.17, 15) is 22.9 Å². The number of nitrogens with zero attached hydrogens (tertiary/aromatic N) is 1. The number of carbonyl (C=O) groups excluding carboxylic acids is 1. The van der Waals surface area contributed by atoms with Gasteiger partial charge in [0.05, 0.1) is 20.6 Å². The zero-order chi connectivity index (χ0) is 15.5. The highest BCUT2D eigenvalue weighted by Crippen LogP contribution is 2.25. The molecule has 0 saturated carbocycles. The SMILES string of the molecule is C=C(C)C(=O)OCC(O)([N+](C)(C)CCC)S(=O)(=O)O. The van der Waals surface area contributed by atoms with E-state index in [2.05, 4.69) is 11.3 Å². The van der Waals surface area contributed by atoms with E-state index < -0.39 is 32.2 Å². The smallest absolute Gasteiger partial charge is 0.363 e. The molecule has 0 aliphatic heterocycles. The van der Waals surface area contributed by atoms with Crippen molar-refractivity contribution in [2.45, 2.75) is 25.3 Å². The summed E-state index contributed by atoms with van der Waals surface area (Å²) in [4.78, 5) is 11.3. The highest BCUT2D eigenvalue weighted by atomic mass is 32.2. The van der Waals surface area contributed by atoms with Crippen LogP contribution in [0.5, 0.6) is 0 Å². The van der Waals surface area contributed by atoms with Gasteiger partial charge in [-0.25, -0.2) is 4.79 Å². The molecule has 0 aliphatic rings. The zero-order valence-electron chi connectivity index (χ0n) is 11.7. The number of hydrogen-bond acceptors (Lipinski definition) is 5. The van der Waals surface area contributed by atoms with Crippen LogP contribution in [0, 0.1) is 0 Å². The lowest BCUT2D eigenvalue weighted by molar-refractivity contribution is -0.950. The molecular formula is C11H22NO6S+. The van der Waals surface area contributed by atoms with Crippen LogP contribution in [0.2, 0.25) is 0 Å². The van der Waals surface area contributed by atoms with Crippen molar-refractivity contribution in [2.75, 3.05) is 27.2 Å². The number of hydrogen-bond donors (Lipinski definition) is 2. The number of aliphatic hydroxyl groups is 1. The summed E-state index contributed by atoms with van der Waals surface area (Å²) in [6.07, 6.45) is 0.569. The van der Waals surface area contributed by atoms with Gasteiger partial charge in [0, 0.05) is 5.57 Å². The molecule has 0 rings (SSSR count). The van der Waals surface area contributed by atoms with Gasteiger partial charge in [-0.1, -0.05) is 13.5 Å². The molecule has 0 heterocycles. The summed E-state index contributed by atoms with van der Waals surface area (Å²) in [6.45, 7) is 5.92. The molecule has 0 bridgehead atoms. The van der Waals surface area contributed by atoms with Crippen LogP contribution in [0.4, 0.5) is 0 Å². The van der Waals surface area contributed by atoms with Gasteiger partial charge in [0.2, 0.25) is 0 Å². The molecule has 1 atom stereocenters. The molecule has 0 amide bonds. The minimum Gasteiger partial charge on any atom is -0.451 e. The van der Waals surface area contributed by atoms with Crippen molar-refractivity contribution < 1.29 is 32.1 Å². The third kappa shape index (κ3) is 4.00. The summed E-state index contributed by atoms with van der Waals surface area (Å²) < 4.78 is 36.3. The first-order valence-corrected chi connectivity index (χ1v) is 7.18. The molecule has 112 valence electrons. The fraction of sp³-hybridized carbons (Fsp3) is 0.727.